The second-order valence-corrected chi connectivity index (χ2v) is 3.95. The van der Waals surface area contributed by atoms with Crippen LogP contribution in [-0.4, -0.2) is 24.4 Å². The molecule has 1 saturated carbocycles. The van der Waals surface area contributed by atoms with Gasteiger partial charge in [0.05, 0.1) is 6.10 Å². The van der Waals surface area contributed by atoms with Gasteiger partial charge in [0.2, 0.25) is 0 Å². The van der Waals surface area contributed by atoms with Gasteiger partial charge in [0, 0.05) is 13.2 Å². The molecule has 13 heavy (non-hydrogen) atoms. The Kier molecular flexibility index (Phi) is 5.40. The summed E-state index contributed by atoms with van der Waals surface area (Å²) in [5.74, 6) is 0.645. The maximum absolute atomic E-state index is 9.56. The summed E-state index contributed by atoms with van der Waals surface area (Å²) in [4.78, 5) is 0. The zero-order valence-corrected chi connectivity index (χ0v) is 8.67. The smallest absolute Gasteiger partial charge is 0.0568 e. The van der Waals surface area contributed by atoms with Gasteiger partial charge in [0.1, 0.15) is 0 Å². The number of unbranched alkanes of at least 4 members (excludes halogenated alkanes) is 2. The largest absolute Gasteiger partial charge is 0.393 e. The number of hydrogen-bond donors (Lipinski definition) is 1. The summed E-state index contributed by atoms with van der Waals surface area (Å²) in [6.07, 6.45) is 6.99. The van der Waals surface area contributed by atoms with E-state index in [-0.39, 0.29) is 6.10 Å². The summed E-state index contributed by atoms with van der Waals surface area (Å²) in [6, 6.07) is 0. The van der Waals surface area contributed by atoms with Crippen LogP contribution in [0.3, 0.4) is 0 Å². The lowest BCUT2D eigenvalue weighted by atomic mass is 10.1. The molecule has 2 nitrogen and oxygen atoms in total. The first-order valence-corrected chi connectivity index (χ1v) is 5.60. The molecule has 0 aliphatic heterocycles. The molecule has 0 bridgehead atoms. The van der Waals surface area contributed by atoms with Crippen LogP contribution in [0.25, 0.3) is 0 Å². The molecular weight excluding hydrogens is 164 g/mol. The maximum atomic E-state index is 9.56. The molecule has 78 valence electrons. The van der Waals surface area contributed by atoms with Gasteiger partial charge in [-0.15, -0.1) is 0 Å². The van der Waals surface area contributed by atoms with Crippen LogP contribution < -0.4 is 0 Å². The molecule has 1 N–H and O–H groups in total. The first kappa shape index (κ1) is 11.0. The quantitative estimate of drug-likeness (QED) is 0.590. The van der Waals surface area contributed by atoms with Crippen molar-refractivity contribution < 1.29 is 9.84 Å². The zero-order chi connectivity index (χ0) is 9.52. The van der Waals surface area contributed by atoms with E-state index < -0.39 is 0 Å². The topological polar surface area (TPSA) is 29.5 Å². The number of aliphatic hydroxyl groups is 1. The molecule has 0 radical (unpaired) electrons. The van der Waals surface area contributed by atoms with E-state index in [0.29, 0.717) is 5.92 Å². The average molecular weight is 186 g/mol. The monoisotopic (exact) mass is 186 g/mol. The molecule has 0 aromatic heterocycles. The molecule has 2 heteroatoms. The van der Waals surface area contributed by atoms with Gasteiger partial charge in [0.15, 0.2) is 0 Å². The lowest BCUT2D eigenvalue weighted by Gasteiger charge is -2.08. The van der Waals surface area contributed by atoms with E-state index >= 15 is 0 Å². The van der Waals surface area contributed by atoms with E-state index in [1.54, 1.807) is 0 Å². The molecule has 1 rings (SSSR count). The van der Waals surface area contributed by atoms with Crippen molar-refractivity contribution >= 4 is 0 Å². The molecule has 0 aromatic carbocycles. The third-order valence-electron chi connectivity index (χ3n) is 2.66. The first-order chi connectivity index (χ1) is 6.34. The predicted molar refractivity (Wildman–Crippen MR) is 53.7 cm³/mol. The predicted octanol–water partition coefficient (Wildman–Crippen LogP) is 2.35. The highest BCUT2D eigenvalue weighted by atomic mass is 16.5. The molecule has 0 heterocycles. The van der Waals surface area contributed by atoms with Crippen molar-refractivity contribution in [2.45, 2.75) is 51.6 Å². The van der Waals surface area contributed by atoms with Crippen molar-refractivity contribution in [3.8, 4) is 0 Å². The Morgan fingerprint density at radius 1 is 1.31 bits per heavy atom. The second-order valence-electron chi connectivity index (χ2n) is 3.95. The Labute approximate surface area is 81.3 Å². The third-order valence-corrected chi connectivity index (χ3v) is 2.66. The number of hydrogen-bond acceptors (Lipinski definition) is 2. The van der Waals surface area contributed by atoms with E-state index in [4.69, 9.17) is 4.74 Å². The first-order valence-electron chi connectivity index (χ1n) is 5.60. The number of aliphatic hydroxyl groups excluding tert-OH is 1. The minimum Gasteiger partial charge on any atom is -0.393 e. The van der Waals surface area contributed by atoms with Crippen LogP contribution >= 0.6 is 0 Å². The fourth-order valence-corrected chi connectivity index (χ4v) is 1.60. The van der Waals surface area contributed by atoms with Crippen LogP contribution in [0.2, 0.25) is 0 Å². The Balaban J connectivity index is 1.77. The van der Waals surface area contributed by atoms with Crippen LogP contribution in [0.5, 0.6) is 0 Å². The fraction of sp³-hybridized carbons (Fsp3) is 1.00. The van der Waals surface area contributed by atoms with Crippen molar-refractivity contribution in [1.29, 1.82) is 0 Å². The van der Waals surface area contributed by atoms with Crippen LogP contribution in [-0.2, 0) is 4.74 Å². The van der Waals surface area contributed by atoms with Crippen molar-refractivity contribution in [3.05, 3.63) is 0 Å². The van der Waals surface area contributed by atoms with Crippen molar-refractivity contribution in [3.63, 3.8) is 0 Å². The van der Waals surface area contributed by atoms with Crippen LogP contribution in [0.15, 0.2) is 0 Å². The van der Waals surface area contributed by atoms with Crippen molar-refractivity contribution in [2.24, 2.45) is 5.92 Å². The van der Waals surface area contributed by atoms with Crippen LogP contribution in [0.4, 0.5) is 0 Å². The van der Waals surface area contributed by atoms with E-state index in [0.717, 1.165) is 32.5 Å². The summed E-state index contributed by atoms with van der Waals surface area (Å²) in [5, 5.41) is 9.56. The van der Waals surface area contributed by atoms with Gasteiger partial charge in [-0.3, -0.25) is 0 Å². The normalized spacial score (nSPS) is 18.9. The summed E-state index contributed by atoms with van der Waals surface area (Å²) in [7, 11) is 0. The number of rotatable bonds is 8. The lowest BCUT2D eigenvalue weighted by Crippen LogP contribution is -2.08. The van der Waals surface area contributed by atoms with E-state index in [2.05, 4.69) is 0 Å². The molecule has 0 saturated heterocycles. The SMILES string of the molecule is CCOCCCCCC(O)C1CC1. The van der Waals surface area contributed by atoms with Crippen molar-refractivity contribution in [1.82, 2.24) is 0 Å². The van der Waals surface area contributed by atoms with Gasteiger partial charge in [-0.1, -0.05) is 12.8 Å². The molecule has 1 atom stereocenters. The maximum Gasteiger partial charge on any atom is 0.0568 e. The minimum absolute atomic E-state index is 0.00732. The van der Waals surface area contributed by atoms with Gasteiger partial charge < -0.3 is 9.84 Å². The summed E-state index contributed by atoms with van der Waals surface area (Å²) in [6.45, 7) is 3.73. The van der Waals surface area contributed by atoms with Gasteiger partial charge in [-0.05, 0) is 38.5 Å². The van der Waals surface area contributed by atoms with Crippen LogP contribution in [0, 0.1) is 5.92 Å². The minimum atomic E-state index is -0.00732. The lowest BCUT2D eigenvalue weighted by molar-refractivity contribution is 0.128. The summed E-state index contributed by atoms with van der Waals surface area (Å²) in [5.41, 5.74) is 0. The molecule has 0 aromatic rings. The molecule has 1 fully saturated rings. The van der Waals surface area contributed by atoms with Gasteiger partial charge >= 0.3 is 0 Å². The molecule has 1 unspecified atom stereocenters. The van der Waals surface area contributed by atoms with E-state index in [1.807, 2.05) is 6.92 Å². The molecule has 0 spiro atoms. The van der Waals surface area contributed by atoms with Gasteiger partial charge in [-0.2, -0.15) is 0 Å². The molecule has 1 aliphatic carbocycles. The van der Waals surface area contributed by atoms with Gasteiger partial charge in [0.25, 0.3) is 0 Å². The summed E-state index contributed by atoms with van der Waals surface area (Å²) < 4.78 is 5.24. The third kappa shape index (κ3) is 5.27. The standard InChI is InChI=1S/C11H22O2/c1-2-13-9-5-3-4-6-11(12)10-7-8-10/h10-12H,2-9H2,1H3. The second kappa shape index (κ2) is 6.39. The molecule has 1 aliphatic rings. The zero-order valence-electron chi connectivity index (χ0n) is 8.67. The molecule has 0 amide bonds. The Hall–Kier alpha value is -0.0800. The van der Waals surface area contributed by atoms with Crippen molar-refractivity contribution in [2.75, 3.05) is 13.2 Å². The highest BCUT2D eigenvalue weighted by molar-refractivity contribution is 4.80. The molecular formula is C11H22O2. The Morgan fingerprint density at radius 2 is 2.08 bits per heavy atom. The Bertz CT molecular complexity index is 121. The fourth-order valence-electron chi connectivity index (χ4n) is 1.60. The van der Waals surface area contributed by atoms with Crippen LogP contribution in [0.1, 0.15) is 45.4 Å². The highest BCUT2D eigenvalue weighted by Crippen LogP contribution is 2.34. The summed E-state index contributed by atoms with van der Waals surface area (Å²) >= 11 is 0. The highest BCUT2D eigenvalue weighted by Gasteiger charge is 2.28. The van der Waals surface area contributed by atoms with E-state index in [1.165, 1.54) is 19.3 Å². The van der Waals surface area contributed by atoms with Gasteiger partial charge in [-0.25, -0.2) is 0 Å². The Morgan fingerprint density at radius 3 is 2.69 bits per heavy atom. The average Bonchev–Trinajstić information content (AvgIpc) is 2.93. The number of ether oxygens (including phenoxy) is 1. The van der Waals surface area contributed by atoms with E-state index in [9.17, 15) is 5.11 Å².